The third-order valence-corrected chi connectivity index (χ3v) is 2.90. The number of halogens is 1. The first kappa shape index (κ1) is 14.3. The molecule has 106 valence electrons. The molecule has 20 heavy (non-hydrogen) atoms. The van der Waals surface area contributed by atoms with Crippen molar-refractivity contribution in [3.63, 3.8) is 0 Å². The zero-order chi connectivity index (χ0) is 14.5. The van der Waals surface area contributed by atoms with Crippen molar-refractivity contribution in [3.05, 3.63) is 35.0 Å². The number of hydrogen-bond acceptors (Lipinski definition) is 5. The van der Waals surface area contributed by atoms with Crippen LogP contribution >= 0.6 is 11.6 Å². The van der Waals surface area contributed by atoms with Crippen LogP contribution in [0.2, 0.25) is 5.02 Å². The van der Waals surface area contributed by atoms with E-state index in [1.54, 1.807) is 37.2 Å². The lowest BCUT2D eigenvalue weighted by Gasteiger charge is -2.07. The molecule has 2 heterocycles. The Hall–Kier alpha value is -2.15. The number of aryl methyl sites for hydroxylation is 1. The number of rotatable bonds is 5. The number of amides is 1. The van der Waals surface area contributed by atoms with Gasteiger partial charge in [0.25, 0.3) is 5.91 Å². The summed E-state index contributed by atoms with van der Waals surface area (Å²) in [4.78, 5) is 20.2. The molecule has 0 atom stereocenters. The lowest BCUT2D eigenvalue weighted by Crippen LogP contribution is -2.27. The molecule has 2 N–H and O–H groups in total. The van der Waals surface area contributed by atoms with E-state index in [2.05, 4.69) is 25.7 Å². The molecule has 0 spiro atoms. The van der Waals surface area contributed by atoms with E-state index in [1.807, 2.05) is 0 Å². The normalized spacial score (nSPS) is 10.3. The van der Waals surface area contributed by atoms with Crippen LogP contribution < -0.4 is 10.6 Å². The molecule has 0 aliphatic rings. The van der Waals surface area contributed by atoms with E-state index in [0.717, 1.165) is 0 Å². The highest BCUT2D eigenvalue weighted by Crippen LogP contribution is 2.16. The smallest absolute Gasteiger partial charge is 0.271 e. The minimum absolute atomic E-state index is 0.201. The van der Waals surface area contributed by atoms with Crippen LogP contribution in [0.1, 0.15) is 16.3 Å². The van der Waals surface area contributed by atoms with Crippen LogP contribution in [-0.2, 0) is 13.5 Å². The molecular weight excluding hydrogens is 280 g/mol. The summed E-state index contributed by atoms with van der Waals surface area (Å²) in [6.45, 7) is 0.421. The van der Waals surface area contributed by atoms with Crippen molar-refractivity contribution >= 4 is 23.3 Å². The number of carbonyl (C=O) groups is 1. The van der Waals surface area contributed by atoms with Gasteiger partial charge in [0.05, 0.1) is 5.02 Å². The fraction of sp³-hybridized carbons (Fsp3) is 0.333. The van der Waals surface area contributed by atoms with Crippen LogP contribution in [0.5, 0.6) is 0 Å². The van der Waals surface area contributed by atoms with E-state index in [1.165, 1.54) is 0 Å². The van der Waals surface area contributed by atoms with Crippen LogP contribution in [0.3, 0.4) is 0 Å². The first-order chi connectivity index (χ1) is 9.60. The van der Waals surface area contributed by atoms with E-state index in [0.29, 0.717) is 29.6 Å². The highest BCUT2D eigenvalue weighted by Gasteiger charge is 2.12. The van der Waals surface area contributed by atoms with Crippen LogP contribution in [0.25, 0.3) is 0 Å². The Balaban J connectivity index is 1.94. The fourth-order valence-electron chi connectivity index (χ4n) is 1.61. The third kappa shape index (κ3) is 3.45. The Morgan fingerprint density at radius 1 is 1.45 bits per heavy atom. The van der Waals surface area contributed by atoms with Crippen LogP contribution in [0.15, 0.2) is 18.5 Å². The summed E-state index contributed by atoms with van der Waals surface area (Å²) in [5.74, 6) is 0.949. The molecule has 0 fully saturated rings. The summed E-state index contributed by atoms with van der Waals surface area (Å²) in [6, 6.07) is 3.34. The molecule has 2 aromatic rings. The average Bonchev–Trinajstić information content (AvgIpc) is 2.85. The van der Waals surface area contributed by atoms with Gasteiger partial charge in [-0.1, -0.05) is 11.6 Å². The first-order valence-electron chi connectivity index (χ1n) is 6.07. The summed E-state index contributed by atoms with van der Waals surface area (Å²) in [5.41, 5.74) is 0.201. The minimum atomic E-state index is -0.317. The lowest BCUT2D eigenvalue weighted by atomic mass is 10.3. The molecule has 0 radical (unpaired) electrons. The minimum Gasteiger partial charge on any atom is -0.373 e. The van der Waals surface area contributed by atoms with Crippen molar-refractivity contribution in [2.75, 3.05) is 18.9 Å². The molecule has 0 unspecified atom stereocenters. The van der Waals surface area contributed by atoms with Crippen molar-refractivity contribution in [2.24, 2.45) is 7.05 Å². The van der Waals surface area contributed by atoms with Gasteiger partial charge in [-0.15, -0.1) is 0 Å². The van der Waals surface area contributed by atoms with Gasteiger partial charge in [0.15, 0.2) is 5.82 Å². The monoisotopic (exact) mass is 294 g/mol. The number of carbonyl (C=O) groups excluding carboxylic acids is 1. The summed E-state index contributed by atoms with van der Waals surface area (Å²) in [7, 11) is 3.52. The maximum Gasteiger partial charge on any atom is 0.271 e. The van der Waals surface area contributed by atoms with Gasteiger partial charge in [0.2, 0.25) is 0 Å². The Morgan fingerprint density at radius 2 is 2.25 bits per heavy atom. The largest absolute Gasteiger partial charge is 0.373 e. The molecule has 1 amide bonds. The van der Waals surface area contributed by atoms with Gasteiger partial charge in [-0.2, -0.15) is 5.10 Å². The van der Waals surface area contributed by atoms with E-state index in [-0.39, 0.29) is 11.6 Å². The summed E-state index contributed by atoms with van der Waals surface area (Å²) < 4.78 is 1.62. The van der Waals surface area contributed by atoms with Crippen molar-refractivity contribution < 1.29 is 4.79 Å². The average molecular weight is 295 g/mol. The van der Waals surface area contributed by atoms with Gasteiger partial charge < -0.3 is 10.6 Å². The van der Waals surface area contributed by atoms with Gasteiger partial charge in [-0.25, -0.2) is 9.97 Å². The maximum atomic E-state index is 12.0. The van der Waals surface area contributed by atoms with Gasteiger partial charge in [0, 0.05) is 27.1 Å². The first-order valence-corrected chi connectivity index (χ1v) is 6.45. The molecular formula is C12H15ClN6O. The third-order valence-electron chi connectivity index (χ3n) is 2.60. The summed E-state index contributed by atoms with van der Waals surface area (Å²) in [6.07, 6.45) is 2.17. The van der Waals surface area contributed by atoms with Crippen molar-refractivity contribution in [1.29, 1.82) is 0 Å². The number of aromatic nitrogens is 4. The Bertz CT molecular complexity index is 612. The molecule has 0 saturated heterocycles. The molecule has 2 rings (SSSR count). The highest BCUT2D eigenvalue weighted by atomic mass is 35.5. The second kappa shape index (κ2) is 6.33. The van der Waals surface area contributed by atoms with Crippen LogP contribution in [0.4, 0.5) is 5.82 Å². The number of nitrogens with one attached hydrogen (secondary N) is 2. The van der Waals surface area contributed by atoms with E-state index >= 15 is 0 Å². The van der Waals surface area contributed by atoms with Gasteiger partial charge in [-0.05, 0) is 12.1 Å². The number of nitrogens with zero attached hydrogens (tertiary/aromatic N) is 4. The Labute approximate surface area is 121 Å². The summed E-state index contributed by atoms with van der Waals surface area (Å²) >= 11 is 5.97. The Kier molecular flexibility index (Phi) is 4.52. The van der Waals surface area contributed by atoms with Crippen molar-refractivity contribution in [3.8, 4) is 0 Å². The number of pyridine rings is 1. The number of anilines is 1. The Morgan fingerprint density at radius 3 is 2.90 bits per heavy atom. The standard InChI is InChI=1S/C12H15ClN6O/c1-14-9-4-3-8(13)11(17-9)12(20)15-6-5-10-16-7-19(2)18-10/h3-4,7H,5-6H2,1-2H3,(H,14,17)(H,15,20). The van der Waals surface area contributed by atoms with E-state index in [9.17, 15) is 4.79 Å². The molecule has 0 aliphatic carbocycles. The lowest BCUT2D eigenvalue weighted by molar-refractivity contribution is 0.0949. The summed E-state index contributed by atoms with van der Waals surface area (Å²) in [5, 5.41) is 10.1. The zero-order valence-electron chi connectivity index (χ0n) is 11.2. The van der Waals surface area contributed by atoms with E-state index < -0.39 is 0 Å². The number of hydrogen-bond donors (Lipinski definition) is 2. The zero-order valence-corrected chi connectivity index (χ0v) is 12.0. The highest BCUT2D eigenvalue weighted by molar-refractivity contribution is 6.33. The second-order valence-corrected chi connectivity index (χ2v) is 4.52. The predicted octanol–water partition coefficient (Wildman–Crippen LogP) is 0.878. The molecule has 0 saturated carbocycles. The molecule has 2 aromatic heterocycles. The predicted molar refractivity (Wildman–Crippen MR) is 75.8 cm³/mol. The fourth-order valence-corrected chi connectivity index (χ4v) is 1.80. The quantitative estimate of drug-likeness (QED) is 0.855. The topological polar surface area (TPSA) is 84.7 Å². The van der Waals surface area contributed by atoms with Crippen molar-refractivity contribution in [2.45, 2.75) is 6.42 Å². The molecule has 0 aliphatic heterocycles. The second-order valence-electron chi connectivity index (χ2n) is 4.12. The van der Waals surface area contributed by atoms with Crippen LogP contribution in [0, 0.1) is 0 Å². The molecule has 8 heteroatoms. The van der Waals surface area contributed by atoms with Gasteiger partial charge >= 0.3 is 0 Å². The molecule has 0 bridgehead atoms. The van der Waals surface area contributed by atoms with Crippen molar-refractivity contribution in [1.82, 2.24) is 25.1 Å². The SMILES string of the molecule is CNc1ccc(Cl)c(C(=O)NCCc2ncn(C)n2)n1. The maximum absolute atomic E-state index is 12.0. The van der Waals surface area contributed by atoms with Gasteiger partial charge in [0.1, 0.15) is 17.8 Å². The van der Waals surface area contributed by atoms with Crippen LogP contribution in [-0.4, -0.2) is 39.2 Å². The van der Waals surface area contributed by atoms with Gasteiger partial charge in [-0.3, -0.25) is 9.48 Å². The van der Waals surface area contributed by atoms with E-state index in [4.69, 9.17) is 11.6 Å². The molecule has 0 aromatic carbocycles. The molecule has 7 nitrogen and oxygen atoms in total.